The largest absolute Gasteiger partial charge is 0.340 e. The Morgan fingerprint density at radius 1 is 1.23 bits per heavy atom. The second-order valence-corrected chi connectivity index (χ2v) is 7.05. The van der Waals surface area contributed by atoms with Crippen LogP contribution in [0.1, 0.15) is 11.1 Å². The van der Waals surface area contributed by atoms with Gasteiger partial charge in [-0.3, -0.25) is 10.1 Å². The minimum absolute atomic E-state index is 0.278. The molecular weight excluding hydrogens is 332 g/mol. The summed E-state index contributed by atoms with van der Waals surface area (Å²) in [5, 5.41) is 5.79. The Morgan fingerprint density at radius 3 is 2.73 bits per heavy atom. The molecule has 2 atom stereocenters. The van der Waals surface area contributed by atoms with E-state index in [0.29, 0.717) is 6.54 Å². The van der Waals surface area contributed by atoms with Crippen molar-refractivity contribution in [2.45, 2.75) is 25.7 Å². The van der Waals surface area contributed by atoms with Gasteiger partial charge in [0.15, 0.2) is 18.2 Å². The highest BCUT2D eigenvalue weighted by molar-refractivity contribution is 6.03. The van der Waals surface area contributed by atoms with Crippen molar-refractivity contribution in [3.05, 3.63) is 35.4 Å². The summed E-state index contributed by atoms with van der Waals surface area (Å²) < 4.78 is 0. The Hall–Kier alpha value is -2.61. The van der Waals surface area contributed by atoms with Gasteiger partial charge in [0.05, 0.1) is 0 Å². The zero-order valence-electron chi connectivity index (χ0n) is 15.1. The van der Waals surface area contributed by atoms with Crippen LogP contribution in [0, 0.1) is 6.92 Å². The third kappa shape index (κ3) is 2.90. The summed E-state index contributed by atoms with van der Waals surface area (Å²) >= 11 is 0. The van der Waals surface area contributed by atoms with E-state index < -0.39 is 18.2 Å². The fraction of sp³-hybridized carbons (Fsp3) is 0.500. The number of carbonyl (C=O) groups excluding carboxylic acids is 2. The summed E-state index contributed by atoms with van der Waals surface area (Å²) in [4.78, 5) is 35.2. The molecule has 0 spiro atoms. The van der Waals surface area contributed by atoms with Gasteiger partial charge in [-0.2, -0.15) is 0 Å². The molecule has 2 N–H and O–H groups in total. The van der Waals surface area contributed by atoms with E-state index in [-0.39, 0.29) is 5.91 Å². The van der Waals surface area contributed by atoms with Gasteiger partial charge in [-0.15, -0.1) is 0 Å². The Bertz CT molecular complexity index is 758. The van der Waals surface area contributed by atoms with Gasteiger partial charge in [-0.05, 0) is 12.5 Å². The Labute approximate surface area is 152 Å². The van der Waals surface area contributed by atoms with Crippen LogP contribution in [0.3, 0.4) is 0 Å². The first-order valence-electron chi connectivity index (χ1n) is 8.98. The first kappa shape index (κ1) is 16.8. The van der Waals surface area contributed by atoms with E-state index in [4.69, 9.17) is 4.99 Å². The van der Waals surface area contributed by atoms with Gasteiger partial charge < -0.3 is 20.0 Å². The summed E-state index contributed by atoms with van der Waals surface area (Å²) in [5.41, 5.74) is 2.31. The number of nitrogens with one attached hydrogen (secondary N) is 2. The highest BCUT2D eigenvalue weighted by Gasteiger charge is 2.49. The summed E-state index contributed by atoms with van der Waals surface area (Å²) in [7, 11) is 1.69. The van der Waals surface area contributed by atoms with Crippen molar-refractivity contribution >= 4 is 17.9 Å². The van der Waals surface area contributed by atoms with Crippen molar-refractivity contribution in [1.29, 1.82) is 0 Å². The highest BCUT2D eigenvalue weighted by Crippen LogP contribution is 2.27. The number of amides is 3. The topological polar surface area (TPSA) is 80.3 Å². The second kappa shape index (κ2) is 6.60. The van der Waals surface area contributed by atoms with Crippen molar-refractivity contribution in [3.63, 3.8) is 0 Å². The molecule has 8 nitrogen and oxygen atoms in total. The molecule has 3 aliphatic heterocycles. The lowest BCUT2D eigenvalue weighted by molar-refractivity contribution is -0.127. The smallest absolute Gasteiger partial charge is 0.325 e. The lowest BCUT2D eigenvalue weighted by Crippen LogP contribution is -2.64. The number of rotatable bonds is 2. The Morgan fingerprint density at radius 2 is 2.00 bits per heavy atom. The number of piperazine rings is 1. The Kier molecular flexibility index (Phi) is 4.28. The van der Waals surface area contributed by atoms with Gasteiger partial charge in [0.2, 0.25) is 0 Å². The number of aliphatic imine (C=N–C) groups is 1. The van der Waals surface area contributed by atoms with E-state index in [1.807, 2.05) is 11.0 Å². The van der Waals surface area contributed by atoms with E-state index in [0.717, 1.165) is 37.7 Å². The van der Waals surface area contributed by atoms with E-state index in [9.17, 15) is 9.59 Å². The third-order valence-corrected chi connectivity index (χ3v) is 5.17. The van der Waals surface area contributed by atoms with Crippen LogP contribution in [0.5, 0.6) is 0 Å². The lowest BCUT2D eigenvalue weighted by atomic mass is 10.1. The second-order valence-electron chi connectivity index (χ2n) is 7.05. The molecule has 3 amide bonds. The van der Waals surface area contributed by atoms with Gasteiger partial charge >= 0.3 is 6.03 Å². The molecule has 0 radical (unpaired) electrons. The number of urea groups is 1. The van der Waals surface area contributed by atoms with Crippen molar-refractivity contribution in [2.24, 2.45) is 4.99 Å². The number of benzene rings is 1. The quantitative estimate of drug-likeness (QED) is 0.777. The Balaban J connectivity index is 1.68. The molecular formula is C18H24N6O2. The number of imide groups is 1. The van der Waals surface area contributed by atoms with E-state index in [2.05, 4.69) is 40.7 Å². The van der Waals surface area contributed by atoms with Crippen molar-refractivity contribution in [1.82, 2.24) is 25.3 Å². The molecule has 4 rings (SSSR count). The first-order valence-corrected chi connectivity index (χ1v) is 8.98. The van der Waals surface area contributed by atoms with Crippen molar-refractivity contribution in [2.75, 3.05) is 33.2 Å². The van der Waals surface area contributed by atoms with E-state index >= 15 is 0 Å². The molecule has 138 valence electrons. The summed E-state index contributed by atoms with van der Waals surface area (Å²) in [6, 6.07) is 7.38. The molecule has 2 saturated heterocycles. The van der Waals surface area contributed by atoms with Gasteiger partial charge in [0.1, 0.15) is 0 Å². The summed E-state index contributed by atoms with van der Waals surface area (Å²) in [5.74, 6) is 0.527. The van der Waals surface area contributed by atoms with Crippen LogP contribution in [0.25, 0.3) is 0 Å². The molecule has 1 aromatic carbocycles. The fourth-order valence-electron chi connectivity index (χ4n) is 3.82. The number of likely N-dealkylation sites (N-methyl/N-ethyl adjacent to an activating group) is 1. The van der Waals surface area contributed by atoms with Gasteiger partial charge in [0, 0.05) is 39.8 Å². The van der Waals surface area contributed by atoms with Crippen LogP contribution in [0.15, 0.2) is 29.3 Å². The molecule has 0 aromatic heterocycles. The predicted octanol–water partition coefficient (Wildman–Crippen LogP) is -0.0519. The highest BCUT2D eigenvalue weighted by atomic mass is 16.2. The molecule has 3 aliphatic rings. The van der Waals surface area contributed by atoms with Gasteiger partial charge in [-0.1, -0.05) is 29.8 Å². The molecule has 0 saturated carbocycles. The minimum Gasteiger partial charge on any atom is -0.340 e. The number of guanidine groups is 1. The van der Waals surface area contributed by atoms with Crippen LogP contribution in [0.2, 0.25) is 0 Å². The van der Waals surface area contributed by atoms with Crippen LogP contribution in [-0.4, -0.2) is 78.0 Å². The maximum absolute atomic E-state index is 12.6. The molecule has 1 aromatic rings. The summed E-state index contributed by atoms with van der Waals surface area (Å²) in [6.07, 6.45) is -0.481. The van der Waals surface area contributed by atoms with E-state index in [1.165, 1.54) is 10.5 Å². The molecule has 0 aliphatic carbocycles. The summed E-state index contributed by atoms with van der Waals surface area (Å²) in [6.45, 7) is 6.08. The molecule has 26 heavy (non-hydrogen) atoms. The van der Waals surface area contributed by atoms with Crippen LogP contribution in [0.4, 0.5) is 4.79 Å². The van der Waals surface area contributed by atoms with Crippen LogP contribution >= 0.6 is 0 Å². The first-order chi connectivity index (χ1) is 12.5. The SMILES string of the molecule is Cc1cccc(CN2C(N3CCNCC3)=NC3C2C(=O)NC(=O)N3C)c1. The number of hydrogen-bond donors (Lipinski definition) is 2. The lowest BCUT2D eigenvalue weighted by Gasteiger charge is -2.38. The third-order valence-electron chi connectivity index (χ3n) is 5.17. The minimum atomic E-state index is -0.497. The van der Waals surface area contributed by atoms with Crippen molar-refractivity contribution in [3.8, 4) is 0 Å². The maximum atomic E-state index is 12.6. The van der Waals surface area contributed by atoms with Crippen LogP contribution in [-0.2, 0) is 11.3 Å². The van der Waals surface area contributed by atoms with Gasteiger partial charge in [-0.25, -0.2) is 9.79 Å². The molecule has 8 heteroatoms. The standard InChI is InChI=1S/C18H24N6O2/c1-12-4-3-5-13(10-12)11-24-14-15(22(2)18(26)21-16(14)25)20-17(24)23-8-6-19-7-9-23/h3-5,10,14-15,19H,6-9,11H2,1-2H3,(H,21,25,26). The van der Waals surface area contributed by atoms with Gasteiger partial charge in [0.25, 0.3) is 5.91 Å². The molecule has 0 bridgehead atoms. The number of nitrogens with zero attached hydrogens (tertiary/aromatic N) is 4. The number of aryl methyl sites for hydroxylation is 1. The maximum Gasteiger partial charge on any atom is 0.325 e. The fourth-order valence-corrected chi connectivity index (χ4v) is 3.82. The monoisotopic (exact) mass is 356 g/mol. The van der Waals surface area contributed by atoms with Crippen molar-refractivity contribution < 1.29 is 9.59 Å². The number of carbonyl (C=O) groups is 2. The molecule has 2 unspecified atom stereocenters. The number of hydrogen-bond acceptors (Lipinski definition) is 6. The zero-order valence-corrected chi connectivity index (χ0v) is 15.1. The van der Waals surface area contributed by atoms with E-state index in [1.54, 1.807) is 7.05 Å². The normalized spacial score (nSPS) is 25.9. The predicted molar refractivity (Wildman–Crippen MR) is 97.5 cm³/mol. The average molecular weight is 356 g/mol. The van der Waals surface area contributed by atoms with Crippen LogP contribution < -0.4 is 10.6 Å². The average Bonchev–Trinajstić information content (AvgIpc) is 3.00. The molecule has 3 heterocycles. The molecule has 2 fully saturated rings. The zero-order chi connectivity index (χ0) is 18.3. The number of fused-ring (bicyclic) bond motifs is 1.